The van der Waals surface area contributed by atoms with Gasteiger partial charge in [-0.3, -0.25) is 4.79 Å². The first kappa shape index (κ1) is 20.1. The van der Waals surface area contributed by atoms with Gasteiger partial charge in [-0.1, -0.05) is 0 Å². The van der Waals surface area contributed by atoms with Gasteiger partial charge in [0.15, 0.2) is 0 Å². The molecule has 0 atom stereocenters. The first-order valence-corrected chi connectivity index (χ1v) is 9.78. The molecule has 0 saturated carbocycles. The Labute approximate surface area is 152 Å². The highest BCUT2D eigenvalue weighted by atomic mass is 32.2. The molecule has 1 aromatic carbocycles. The second-order valence-electron chi connectivity index (χ2n) is 5.89. The predicted octanol–water partition coefficient (Wildman–Crippen LogP) is 1.63. The molecule has 2 rings (SSSR count). The quantitative estimate of drug-likeness (QED) is 0.633. The lowest BCUT2D eigenvalue weighted by Gasteiger charge is -2.17. The van der Waals surface area contributed by atoms with Crippen LogP contribution in [0.15, 0.2) is 47.9 Å². The number of carbonyl (C=O) groups is 1. The number of nitrogens with zero attached hydrogens (tertiary/aromatic N) is 3. The Morgan fingerprint density at radius 2 is 2.00 bits per heavy atom. The maximum Gasteiger partial charge on any atom is 0.242 e. The van der Waals surface area contributed by atoms with Crippen molar-refractivity contribution >= 4 is 15.9 Å². The minimum atomic E-state index is -3.67. The highest BCUT2D eigenvalue weighted by Crippen LogP contribution is 2.15. The fraction of sp³-hybridized carbons (Fsp3) is 0.412. The van der Waals surface area contributed by atoms with Crippen molar-refractivity contribution in [1.82, 2.24) is 19.2 Å². The van der Waals surface area contributed by atoms with Crippen molar-refractivity contribution in [2.75, 3.05) is 20.1 Å². The van der Waals surface area contributed by atoms with Crippen LogP contribution in [0.3, 0.4) is 0 Å². The Bertz CT molecular complexity index is 792. The summed E-state index contributed by atoms with van der Waals surface area (Å²) >= 11 is 0. The van der Waals surface area contributed by atoms with Crippen LogP contribution in [0.4, 0.5) is 4.39 Å². The summed E-state index contributed by atoms with van der Waals surface area (Å²) in [6.45, 7) is 1.54. The van der Waals surface area contributed by atoms with Crippen LogP contribution in [0.5, 0.6) is 0 Å². The Kier molecular flexibility index (Phi) is 7.28. The lowest BCUT2D eigenvalue weighted by atomic mass is 10.3. The van der Waals surface area contributed by atoms with Crippen LogP contribution >= 0.6 is 0 Å². The van der Waals surface area contributed by atoms with E-state index < -0.39 is 15.8 Å². The van der Waals surface area contributed by atoms with E-state index in [1.165, 1.54) is 23.5 Å². The third-order valence-corrected chi connectivity index (χ3v) is 5.74. The van der Waals surface area contributed by atoms with Gasteiger partial charge in [0, 0.05) is 45.5 Å². The normalized spacial score (nSPS) is 11.7. The monoisotopic (exact) mass is 382 g/mol. The highest BCUT2D eigenvalue weighted by molar-refractivity contribution is 7.89. The summed E-state index contributed by atoms with van der Waals surface area (Å²) in [6.07, 6.45) is 6.73. The summed E-state index contributed by atoms with van der Waals surface area (Å²) in [7, 11) is -2.23. The molecule has 0 bridgehead atoms. The van der Waals surface area contributed by atoms with Crippen molar-refractivity contribution in [2.45, 2.75) is 30.7 Å². The third-order valence-electron chi connectivity index (χ3n) is 3.87. The van der Waals surface area contributed by atoms with Gasteiger partial charge in [0.2, 0.25) is 15.9 Å². The summed E-state index contributed by atoms with van der Waals surface area (Å²) < 4.78 is 40.7. The molecule has 9 heteroatoms. The number of imidazole rings is 1. The number of aryl methyl sites for hydroxylation is 1. The van der Waals surface area contributed by atoms with Crippen LogP contribution in [0.1, 0.15) is 19.3 Å². The maximum atomic E-state index is 12.9. The molecular weight excluding hydrogens is 359 g/mol. The van der Waals surface area contributed by atoms with Gasteiger partial charge in [0.05, 0.1) is 11.2 Å². The van der Waals surface area contributed by atoms with Gasteiger partial charge in [-0.2, -0.15) is 0 Å². The van der Waals surface area contributed by atoms with Crippen LogP contribution in [0.2, 0.25) is 0 Å². The lowest BCUT2D eigenvalue weighted by molar-refractivity contribution is -0.121. The molecule has 1 amide bonds. The number of nitrogens with one attached hydrogen (secondary N) is 1. The predicted molar refractivity (Wildman–Crippen MR) is 95.3 cm³/mol. The first-order chi connectivity index (χ1) is 12.4. The Morgan fingerprint density at radius 1 is 1.27 bits per heavy atom. The molecule has 0 aliphatic carbocycles. The van der Waals surface area contributed by atoms with E-state index >= 15 is 0 Å². The summed E-state index contributed by atoms with van der Waals surface area (Å²) in [6, 6.07) is 4.68. The number of benzene rings is 1. The van der Waals surface area contributed by atoms with Crippen LogP contribution in [0, 0.1) is 5.82 Å². The Balaban J connectivity index is 1.67. The van der Waals surface area contributed by atoms with Crippen molar-refractivity contribution < 1.29 is 17.6 Å². The molecule has 0 spiro atoms. The third kappa shape index (κ3) is 5.92. The Hall–Kier alpha value is -2.26. The van der Waals surface area contributed by atoms with Gasteiger partial charge in [0.25, 0.3) is 0 Å². The van der Waals surface area contributed by atoms with Crippen LogP contribution in [-0.4, -0.2) is 48.3 Å². The van der Waals surface area contributed by atoms with Crippen molar-refractivity contribution in [3.63, 3.8) is 0 Å². The fourth-order valence-electron chi connectivity index (χ4n) is 2.37. The average Bonchev–Trinajstić information content (AvgIpc) is 3.12. The van der Waals surface area contributed by atoms with E-state index in [-0.39, 0.29) is 23.8 Å². The number of carbonyl (C=O) groups excluding carboxylic acids is 1. The maximum absolute atomic E-state index is 12.9. The Morgan fingerprint density at radius 3 is 2.65 bits per heavy atom. The lowest BCUT2D eigenvalue weighted by Crippen LogP contribution is -2.30. The number of halogens is 1. The molecule has 0 aliphatic rings. The summed E-state index contributed by atoms with van der Waals surface area (Å²) in [5.41, 5.74) is 0. The standard InChI is InChI=1S/C17H23FN4O3S/c1-21(26(24,25)16-7-5-15(18)6-8-16)11-2-4-17(23)20-9-3-12-22-13-10-19-14-22/h5-8,10,13-14H,2-4,9,11-12H2,1H3,(H,20,23). The van der Waals surface area contributed by atoms with Crippen molar-refractivity contribution in [3.8, 4) is 0 Å². The number of hydrogen-bond acceptors (Lipinski definition) is 4. The molecule has 1 heterocycles. The zero-order chi connectivity index (χ0) is 19.0. The molecule has 0 fully saturated rings. The SMILES string of the molecule is CN(CCCC(=O)NCCCn1ccnc1)S(=O)(=O)c1ccc(F)cc1. The van der Waals surface area contributed by atoms with E-state index in [1.807, 2.05) is 10.8 Å². The number of hydrogen-bond donors (Lipinski definition) is 1. The van der Waals surface area contributed by atoms with Gasteiger partial charge in [-0.15, -0.1) is 0 Å². The van der Waals surface area contributed by atoms with Gasteiger partial charge in [-0.05, 0) is 37.1 Å². The van der Waals surface area contributed by atoms with Crippen LogP contribution in [0.25, 0.3) is 0 Å². The smallest absolute Gasteiger partial charge is 0.242 e. The fourth-order valence-corrected chi connectivity index (χ4v) is 3.58. The van der Waals surface area contributed by atoms with E-state index in [0.29, 0.717) is 13.0 Å². The van der Waals surface area contributed by atoms with Gasteiger partial charge >= 0.3 is 0 Å². The second-order valence-corrected chi connectivity index (χ2v) is 7.93. The first-order valence-electron chi connectivity index (χ1n) is 8.34. The topological polar surface area (TPSA) is 84.3 Å². The molecule has 0 unspecified atom stereocenters. The molecule has 0 aliphatic heterocycles. The highest BCUT2D eigenvalue weighted by Gasteiger charge is 2.20. The number of aromatic nitrogens is 2. The van der Waals surface area contributed by atoms with Gasteiger partial charge in [0.1, 0.15) is 5.82 Å². The molecule has 7 nitrogen and oxygen atoms in total. The number of rotatable bonds is 10. The van der Waals surface area contributed by atoms with Crippen molar-refractivity contribution in [2.24, 2.45) is 0 Å². The summed E-state index contributed by atoms with van der Waals surface area (Å²) in [5.74, 6) is -0.598. The van der Waals surface area contributed by atoms with E-state index in [1.54, 1.807) is 12.5 Å². The molecule has 0 radical (unpaired) electrons. The van der Waals surface area contributed by atoms with Gasteiger partial charge in [-0.25, -0.2) is 22.1 Å². The zero-order valence-corrected chi connectivity index (χ0v) is 15.5. The largest absolute Gasteiger partial charge is 0.356 e. The minimum Gasteiger partial charge on any atom is -0.356 e. The number of amides is 1. The van der Waals surface area contributed by atoms with E-state index in [2.05, 4.69) is 10.3 Å². The molecule has 0 saturated heterocycles. The van der Waals surface area contributed by atoms with Gasteiger partial charge < -0.3 is 9.88 Å². The van der Waals surface area contributed by atoms with E-state index in [4.69, 9.17) is 0 Å². The second kappa shape index (κ2) is 9.44. The molecule has 2 aromatic rings. The van der Waals surface area contributed by atoms with E-state index in [9.17, 15) is 17.6 Å². The molecular formula is C17H23FN4O3S. The number of sulfonamides is 1. The van der Waals surface area contributed by atoms with Crippen LogP contribution < -0.4 is 5.32 Å². The zero-order valence-electron chi connectivity index (χ0n) is 14.6. The van der Waals surface area contributed by atoms with Crippen molar-refractivity contribution in [3.05, 3.63) is 48.8 Å². The van der Waals surface area contributed by atoms with Crippen molar-refractivity contribution in [1.29, 1.82) is 0 Å². The molecule has 26 heavy (non-hydrogen) atoms. The molecule has 142 valence electrons. The summed E-state index contributed by atoms with van der Waals surface area (Å²) in [4.78, 5) is 15.8. The summed E-state index contributed by atoms with van der Waals surface area (Å²) in [5, 5.41) is 2.81. The molecule has 1 N–H and O–H groups in total. The average molecular weight is 382 g/mol. The molecule has 1 aromatic heterocycles. The minimum absolute atomic E-state index is 0.0327. The van der Waals surface area contributed by atoms with Crippen LogP contribution in [-0.2, 0) is 21.4 Å². The van der Waals surface area contributed by atoms with E-state index in [0.717, 1.165) is 25.1 Å².